The first kappa shape index (κ1) is 58.4. The molecule has 0 saturated heterocycles. The lowest BCUT2D eigenvalue weighted by Gasteiger charge is -2.35. The summed E-state index contributed by atoms with van der Waals surface area (Å²) in [5.74, 6) is 3.73. The smallest absolute Gasteiger partial charge is 0.127 e. The lowest BCUT2D eigenvalue weighted by molar-refractivity contribution is 0.233. The Balaban J connectivity index is 0.924. The molecule has 13 rings (SSSR count). The Labute approximate surface area is 527 Å². The number of hydrogen-bond acceptors (Lipinski definition) is 3. The summed E-state index contributed by atoms with van der Waals surface area (Å²) in [7, 11) is 0. The molecule has 1 heterocycles. The first-order chi connectivity index (χ1) is 43.9. The van der Waals surface area contributed by atoms with E-state index in [0.717, 1.165) is 81.7 Å². The van der Waals surface area contributed by atoms with Crippen LogP contribution in [0.2, 0.25) is 0 Å². The Morgan fingerprint density at radius 3 is 1.63 bits per heavy atom. The van der Waals surface area contributed by atoms with Crippen LogP contribution in [0.5, 0.6) is 17.2 Å². The third-order valence-corrected chi connectivity index (χ3v) is 18.9. The second-order valence-corrected chi connectivity index (χ2v) is 24.3. The molecule has 0 saturated carbocycles. The van der Waals surface area contributed by atoms with Gasteiger partial charge in [-0.15, -0.1) is 0 Å². The first-order valence-corrected chi connectivity index (χ1v) is 32.5. The van der Waals surface area contributed by atoms with E-state index in [4.69, 9.17) is 9.47 Å². The van der Waals surface area contributed by atoms with Crippen molar-refractivity contribution in [3.8, 4) is 56.3 Å². The zero-order chi connectivity index (χ0) is 60.7. The molecule has 89 heavy (non-hydrogen) atoms. The molecule has 442 valence electrons. The van der Waals surface area contributed by atoms with Crippen molar-refractivity contribution in [2.45, 2.75) is 90.9 Å². The van der Waals surface area contributed by atoms with Crippen LogP contribution in [0.3, 0.4) is 0 Å². The molecule has 0 bridgehead atoms. The van der Waals surface area contributed by atoms with Gasteiger partial charge in [-0.3, -0.25) is 0 Å². The molecule has 1 aliphatic rings. The highest BCUT2D eigenvalue weighted by Gasteiger charge is 2.46. The standard InChI is InChI=1S/C85H80N2O2/c1-6-11-20-61(9-4)56-63-28-39-68(40-29-63)85(69-41-52-76(53-42-69)89-75-48-30-60(8-3)31-49-75)81-26-18-16-24-77(81)78-54-47-73(58-82(78)85)86(71-43-32-64(33-44-71)65-36-50-74(51-37-65)88-59-62(10-5)21-12-7-2)72-45-34-66(35-46-72)67-38-55-84-80(57-67)79-25-17-19-27-83(79)87(84)70-22-14-13-15-23-70/h8,13-19,22-55,57-58,61-62H,3,6-7,9-12,20-21,56,59H2,1-2,4-5H3. The van der Waals surface area contributed by atoms with Crippen molar-refractivity contribution < 1.29 is 9.47 Å². The van der Waals surface area contributed by atoms with Crippen LogP contribution in [-0.4, -0.2) is 11.2 Å². The summed E-state index contributed by atoms with van der Waals surface area (Å²) in [6.07, 6.45) is 12.7. The molecule has 0 radical (unpaired) electrons. The molecule has 0 spiro atoms. The van der Waals surface area contributed by atoms with Crippen LogP contribution in [0.4, 0.5) is 17.1 Å². The minimum absolute atomic E-state index is 0.576. The molecule has 12 aromatic rings. The molecule has 0 amide bonds. The highest BCUT2D eigenvalue weighted by Crippen LogP contribution is 2.58. The van der Waals surface area contributed by atoms with Crippen LogP contribution in [0, 0.1) is 11.8 Å². The summed E-state index contributed by atoms with van der Waals surface area (Å²) in [6, 6.07) is 96.2. The lowest BCUT2D eigenvalue weighted by atomic mass is 9.67. The number of hydrogen-bond donors (Lipinski definition) is 0. The fraction of sp³-hybridized carbons (Fsp3) is 0.200. The number of unbranched alkanes of at least 4 members (excludes halogenated alkanes) is 2. The van der Waals surface area contributed by atoms with Gasteiger partial charge in [0.2, 0.25) is 0 Å². The molecule has 3 unspecified atom stereocenters. The van der Waals surface area contributed by atoms with Gasteiger partial charge in [0.25, 0.3) is 0 Å². The molecule has 11 aromatic carbocycles. The fourth-order valence-corrected chi connectivity index (χ4v) is 13.9. The van der Waals surface area contributed by atoms with E-state index in [-0.39, 0.29) is 0 Å². The highest BCUT2D eigenvalue weighted by molar-refractivity contribution is 6.10. The summed E-state index contributed by atoms with van der Waals surface area (Å²) >= 11 is 0. The van der Waals surface area contributed by atoms with Gasteiger partial charge in [-0.05, 0) is 195 Å². The van der Waals surface area contributed by atoms with Crippen molar-refractivity contribution >= 4 is 44.9 Å². The number of ether oxygens (including phenoxy) is 2. The molecule has 1 aromatic heterocycles. The van der Waals surface area contributed by atoms with Crippen molar-refractivity contribution in [1.29, 1.82) is 0 Å². The van der Waals surface area contributed by atoms with E-state index in [0.29, 0.717) is 11.8 Å². The second kappa shape index (κ2) is 26.4. The monoisotopic (exact) mass is 1160 g/mol. The predicted octanol–water partition coefficient (Wildman–Crippen LogP) is 23.7. The number of rotatable bonds is 24. The maximum absolute atomic E-state index is 6.53. The van der Waals surface area contributed by atoms with Crippen LogP contribution < -0.4 is 14.4 Å². The van der Waals surface area contributed by atoms with Gasteiger partial charge in [0, 0.05) is 33.5 Å². The molecule has 3 atom stereocenters. The van der Waals surface area contributed by atoms with Crippen LogP contribution in [-0.2, 0) is 11.8 Å². The van der Waals surface area contributed by atoms with E-state index in [1.807, 2.05) is 30.3 Å². The summed E-state index contributed by atoms with van der Waals surface area (Å²) in [5.41, 5.74) is 20.6. The van der Waals surface area contributed by atoms with Gasteiger partial charge >= 0.3 is 0 Å². The largest absolute Gasteiger partial charge is 0.493 e. The van der Waals surface area contributed by atoms with Gasteiger partial charge in [-0.2, -0.15) is 0 Å². The summed E-state index contributed by atoms with van der Waals surface area (Å²) in [4.78, 5) is 2.44. The summed E-state index contributed by atoms with van der Waals surface area (Å²) in [6.45, 7) is 13.9. The maximum Gasteiger partial charge on any atom is 0.127 e. The van der Waals surface area contributed by atoms with Gasteiger partial charge in [0.15, 0.2) is 0 Å². The zero-order valence-corrected chi connectivity index (χ0v) is 52.0. The van der Waals surface area contributed by atoms with Gasteiger partial charge in [-0.1, -0.05) is 243 Å². The number of nitrogens with zero attached hydrogens (tertiary/aromatic N) is 2. The quantitative estimate of drug-likeness (QED) is 0.0603. The van der Waals surface area contributed by atoms with E-state index in [9.17, 15) is 0 Å². The first-order valence-electron chi connectivity index (χ1n) is 32.5. The fourth-order valence-electron chi connectivity index (χ4n) is 13.9. The van der Waals surface area contributed by atoms with E-state index in [1.54, 1.807) is 0 Å². The molecule has 0 fully saturated rings. The minimum atomic E-state index is -0.665. The van der Waals surface area contributed by atoms with Crippen LogP contribution in [0.15, 0.2) is 267 Å². The maximum atomic E-state index is 6.53. The van der Waals surface area contributed by atoms with E-state index >= 15 is 0 Å². The Morgan fingerprint density at radius 1 is 0.449 bits per heavy atom. The Hall–Kier alpha value is -9.64. The van der Waals surface area contributed by atoms with E-state index in [2.05, 4.69) is 280 Å². The van der Waals surface area contributed by atoms with Crippen molar-refractivity contribution in [1.82, 2.24) is 4.57 Å². The summed E-state index contributed by atoms with van der Waals surface area (Å²) < 4.78 is 15.3. The normalized spacial score (nSPS) is 14.1. The zero-order valence-electron chi connectivity index (χ0n) is 52.0. The average molecular weight is 1160 g/mol. The topological polar surface area (TPSA) is 26.6 Å². The third kappa shape index (κ3) is 11.7. The minimum Gasteiger partial charge on any atom is -0.493 e. The molecule has 4 nitrogen and oxygen atoms in total. The highest BCUT2D eigenvalue weighted by atomic mass is 16.5. The van der Waals surface area contributed by atoms with Crippen LogP contribution in [0.25, 0.3) is 66.9 Å². The number of aromatic nitrogens is 1. The van der Waals surface area contributed by atoms with Gasteiger partial charge in [0.05, 0.1) is 23.1 Å². The third-order valence-electron chi connectivity index (χ3n) is 18.9. The van der Waals surface area contributed by atoms with Gasteiger partial charge in [0.1, 0.15) is 17.2 Å². The number of anilines is 3. The van der Waals surface area contributed by atoms with E-state index in [1.165, 1.54) is 111 Å². The molecule has 0 N–H and O–H groups in total. The molecular formula is C85H80N2O2. The van der Waals surface area contributed by atoms with Gasteiger partial charge in [-0.25, -0.2) is 0 Å². The predicted molar refractivity (Wildman–Crippen MR) is 376 cm³/mol. The molecule has 4 heteroatoms. The molecular weight excluding hydrogens is 1080 g/mol. The van der Waals surface area contributed by atoms with Crippen LogP contribution in [0.1, 0.15) is 112 Å². The number of para-hydroxylation sites is 2. The Bertz CT molecular complexity index is 4350. The number of fused-ring (bicyclic) bond motifs is 6. The van der Waals surface area contributed by atoms with Crippen molar-refractivity contribution in [2.75, 3.05) is 11.5 Å². The number of benzene rings is 11. The second-order valence-electron chi connectivity index (χ2n) is 24.3. The van der Waals surface area contributed by atoms with Crippen molar-refractivity contribution in [3.05, 3.63) is 301 Å². The SMILES string of the molecule is C=Cc1ccc(Oc2ccc(C3(c4ccc(CC(CC)CCCC)cc4)c4ccccc4-c4ccc(N(c5ccc(-c6ccc(OCC(CC)CCCC)cc6)cc5)c5ccc(-c6ccc7c(c6)c6ccccc6n7-c6ccccc6)cc5)cc43)cc2)cc1. The van der Waals surface area contributed by atoms with Crippen molar-refractivity contribution in [3.63, 3.8) is 0 Å². The van der Waals surface area contributed by atoms with Crippen molar-refractivity contribution in [2.24, 2.45) is 11.8 Å². The van der Waals surface area contributed by atoms with Gasteiger partial charge < -0.3 is 18.9 Å². The average Bonchev–Trinajstić information content (AvgIpc) is 1.57. The lowest BCUT2D eigenvalue weighted by Crippen LogP contribution is -2.29. The van der Waals surface area contributed by atoms with Crippen LogP contribution >= 0.6 is 0 Å². The Morgan fingerprint density at radius 2 is 0.978 bits per heavy atom. The molecule has 0 aliphatic heterocycles. The Kier molecular flexibility index (Phi) is 17.3. The van der Waals surface area contributed by atoms with E-state index < -0.39 is 5.41 Å². The molecule has 1 aliphatic carbocycles. The summed E-state index contributed by atoms with van der Waals surface area (Å²) in [5, 5.41) is 2.47.